The highest BCUT2D eigenvalue weighted by Crippen LogP contribution is 2.88. The van der Waals surface area contributed by atoms with E-state index in [1.54, 1.807) is 12.3 Å². The molecule has 0 spiro atoms. The quantitative estimate of drug-likeness (QED) is 0.302. The van der Waals surface area contributed by atoms with Gasteiger partial charge in [-0.05, 0) is 71.4 Å². The molecule has 2 unspecified atom stereocenters. The number of aliphatic hydroxyl groups excluding tert-OH is 1. The minimum atomic E-state index is -3.41. The van der Waals surface area contributed by atoms with E-state index >= 15 is 0 Å². The zero-order valence-corrected chi connectivity index (χ0v) is 24.4. The predicted octanol–water partition coefficient (Wildman–Crippen LogP) is 3.81. The van der Waals surface area contributed by atoms with E-state index in [-0.39, 0.29) is 57.7 Å². The molecule has 1 N–H and O–H groups in total. The highest BCUT2D eigenvalue weighted by atomic mass is 32.2. The van der Waals surface area contributed by atoms with E-state index in [1.807, 2.05) is 6.07 Å². The van der Waals surface area contributed by atoms with Crippen LogP contribution in [0, 0.1) is 22.5 Å². The van der Waals surface area contributed by atoms with Gasteiger partial charge in [-0.1, -0.05) is 26.5 Å². The van der Waals surface area contributed by atoms with Gasteiger partial charge >= 0.3 is 0 Å². The fourth-order valence-electron chi connectivity index (χ4n) is 7.83. The molecule has 0 aliphatic heterocycles. The van der Waals surface area contributed by atoms with Gasteiger partial charge in [0.25, 0.3) is 5.95 Å². The summed E-state index contributed by atoms with van der Waals surface area (Å²) in [5, 5.41) is 22.4. The van der Waals surface area contributed by atoms with Gasteiger partial charge in [-0.2, -0.15) is 9.78 Å². The highest BCUT2D eigenvalue weighted by Gasteiger charge is 2.84. The molecule has 4 atom stereocenters. The molecule has 3 aromatic heterocycles. The van der Waals surface area contributed by atoms with Gasteiger partial charge in [-0.3, -0.25) is 0 Å². The van der Waals surface area contributed by atoms with Gasteiger partial charge in [0.05, 0.1) is 46.2 Å². The lowest BCUT2D eigenvalue weighted by molar-refractivity contribution is -0.220. The third-order valence-electron chi connectivity index (χ3n) is 10.2. The normalized spacial score (nSPS) is 26.8. The third-order valence-corrected chi connectivity index (χ3v) is 11.8. The maximum Gasteiger partial charge on any atom is 0.252 e. The molecule has 3 aliphatic rings. The minimum Gasteiger partial charge on any atom is -0.395 e. The second-order valence-corrected chi connectivity index (χ2v) is 14.5. The maximum atomic E-state index is 14.6. The van der Waals surface area contributed by atoms with Gasteiger partial charge in [-0.25, -0.2) is 32.2 Å². The van der Waals surface area contributed by atoms with Crippen LogP contribution < -0.4 is 0 Å². The largest absolute Gasteiger partial charge is 0.395 e. The van der Waals surface area contributed by atoms with E-state index in [1.165, 1.54) is 29.2 Å². The second-order valence-electron chi connectivity index (χ2n) is 12.2. The topological polar surface area (TPSA) is 137 Å². The first-order chi connectivity index (χ1) is 20.4. The Morgan fingerprint density at radius 1 is 1.14 bits per heavy atom. The lowest BCUT2D eigenvalue weighted by Crippen LogP contribution is -2.72. The molecular formula is C30H29F2N7O3S. The molecular weight excluding hydrogens is 576 g/mol. The Bertz CT molecular complexity index is 1910. The van der Waals surface area contributed by atoms with E-state index in [4.69, 9.17) is 10.1 Å². The van der Waals surface area contributed by atoms with Gasteiger partial charge in [-0.15, -0.1) is 10.2 Å². The summed E-state index contributed by atoms with van der Waals surface area (Å²) in [7, 11) is -3.41. The summed E-state index contributed by atoms with van der Waals surface area (Å²) in [6.07, 6.45) is 4.97. The fraction of sp³-hybridized carbons (Fsp3) is 0.400. The number of aromatic nitrogens is 7. The van der Waals surface area contributed by atoms with E-state index in [0.717, 1.165) is 29.8 Å². The Hall–Kier alpha value is -3.97. The summed E-state index contributed by atoms with van der Waals surface area (Å²) >= 11 is 0. The van der Waals surface area contributed by atoms with Crippen molar-refractivity contribution in [2.24, 2.45) is 10.8 Å². The van der Waals surface area contributed by atoms with Crippen molar-refractivity contribution in [3.8, 4) is 17.2 Å². The molecule has 43 heavy (non-hydrogen) atoms. The number of rotatable bonds is 9. The Labute approximate surface area is 246 Å². The summed E-state index contributed by atoms with van der Waals surface area (Å²) in [6.45, 7) is 8.00. The molecule has 3 aliphatic carbocycles. The Morgan fingerprint density at radius 3 is 2.63 bits per heavy atom. The van der Waals surface area contributed by atoms with Gasteiger partial charge in [0.15, 0.2) is 15.7 Å². The van der Waals surface area contributed by atoms with Crippen LogP contribution in [0.3, 0.4) is 0 Å². The van der Waals surface area contributed by atoms with E-state index in [0.29, 0.717) is 5.57 Å². The van der Waals surface area contributed by atoms with Crippen molar-refractivity contribution in [1.29, 1.82) is 0 Å². The first-order valence-corrected chi connectivity index (χ1v) is 15.8. The van der Waals surface area contributed by atoms with Crippen molar-refractivity contribution in [2.45, 2.75) is 44.4 Å². The number of allylic oxidation sites excluding steroid dienone is 1. The number of halogens is 2. The molecule has 222 valence electrons. The van der Waals surface area contributed by atoms with Crippen LogP contribution in [0.2, 0.25) is 0 Å². The number of nitrogens with zero attached hydrogens (tertiary/aromatic N) is 7. The van der Waals surface area contributed by atoms with E-state index in [9.17, 15) is 17.2 Å². The zero-order valence-electron chi connectivity index (χ0n) is 23.6. The highest BCUT2D eigenvalue weighted by molar-refractivity contribution is 7.91. The molecule has 0 amide bonds. The molecule has 13 heteroatoms. The Balaban J connectivity index is 1.24. The van der Waals surface area contributed by atoms with Crippen LogP contribution in [0.1, 0.15) is 61.8 Å². The van der Waals surface area contributed by atoms with Gasteiger partial charge < -0.3 is 5.11 Å². The van der Waals surface area contributed by atoms with Gasteiger partial charge in [0, 0.05) is 6.20 Å². The summed E-state index contributed by atoms with van der Waals surface area (Å²) in [4.78, 5) is 13.6. The maximum absolute atomic E-state index is 14.6. The Morgan fingerprint density at radius 2 is 1.91 bits per heavy atom. The molecule has 3 heterocycles. The molecule has 4 aromatic rings. The van der Waals surface area contributed by atoms with Crippen LogP contribution in [0.5, 0.6) is 0 Å². The van der Waals surface area contributed by atoms with Crippen molar-refractivity contribution >= 4 is 15.4 Å². The smallest absolute Gasteiger partial charge is 0.252 e. The monoisotopic (exact) mass is 605 g/mol. The SMILES string of the molecule is C=C(CCS(=O)(=O)CCO)c1ncn(-c2nccc([C@@]34CC5(C)C[C@@H](c6cc(-c7c(F)cccc7F)nnc63)C54C)n2)n1. The number of hydrogen-bond donors (Lipinski definition) is 1. The first kappa shape index (κ1) is 27.8. The summed E-state index contributed by atoms with van der Waals surface area (Å²) in [5.74, 6) is -1.15. The molecule has 7 rings (SSSR count). The number of benzene rings is 1. The van der Waals surface area contributed by atoms with E-state index < -0.39 is 33.5 Å². The lowest BCUT2D eigenvalue weighted by atomic mass is 9.27. The Kier molecular flexibility index (Phi) is 6.00. The lowest BCUT2D eigenvalue weighted by Gasteiger charge is -2.75. The molecule has 1 aromatic carbocycles. The molecule has 0 saturated heterocycles. The van der Waals surface area contributed by atoms with Crippen molar-refractivity contribution in [3.63, 3.8) is 0 Å². The van der Waals surface area contributed by atoms with Crippen LogP contribution in [-0.2, 0) is 15.3 Å². The third kappa shape index (κ3) is 3.73. The number of aliphatic hydroxyl groups is 1. The van der Waals surface area contributed by atoms with Crippen molar-refractivity contribution in [1.82, 2.24) is 34.9 Å². The van der Waals surface area contributed by atoms with Crippen LogP contribution in [-0.4, -0.2) is 66.6 Å². The van der Waals surface area contributed by atoms with Crippen molar-refractivity contribution in [2.75, 3.05) is 18.1 Å². The van der Waals surface area contributed by atoms with Crippen molar-refractivity contribution in [3.05, 3.63) is 83.8 Å². The summed E-state index contributed by atoms with van der Waals surface area (Å²) in [5.41, 5.74) is 2.16. The predicted molar refractivity (Wildman–Crippen MR) is 153 cm³/mol. The minimum absolute atomic E-state index is 0.0431. The number of hydrogen-bond acceptors (Lipinski definition) is 9. The molecule has 2 fully saturated rings. The summed E-state index contributed by atoms with van der Waals surface area (Å²) in [6, 6.07) is 7.41. The molecule has 0 radical (unpaired) electrons. The van der Waals surface area contributed by atoms with Gasteiger partial charge in [0.1, 0.15) is 18.0 Å². The van der Waals surface area contributed by atoms with Crippen LogP contribution >= 0.6 is 0 Å². The molecule has 2 saturated carbocycles. The summed E-state index contributed by atoms with van der Waals surface area (Å²) < 4.78 is 54.7. The second kappa shape index (κ2) is 9.26. The zero-order chi connectivity index (χ0) is 30.4. The number of fused-ring (bicyclic) bond motifs is 3. The van der Waals surface area contributed by atoms with Gasteiger partial charge in [0.2, 0.25) is 0 Å². The van der Waals surface area contributed by atoms with E-state index in [2.05, 4.69) is 45.7 Å². The first-order valence-electron chi connectivity index (χ1n) is 14.0. The molecule has 0 bridgehead atoms. The fourth-order valence-corrected chi connectivity index (χ4v) is 8.87. The standard InChI is InChI=1S/C30H29F2N7O3S/c1-17(8-11-43(41,42)12-10-40)26-34-16-39(38-26)27-33-9-7-23(35-27)30-15-28(2)14-19(29(28,30)3)18-13-22(36-37-25(18)30)24-20(31)5-4-6-21(24)32/h4-7,9,13,16,19,40H,1,8,10-12,14-15H2,2-3H3/t19-,28?,29?,30-/m0/s1. The average molecular weight is 606 g/mol. The van der Waals surface area contributed by atoms with Crippen LogP contribution in [0.25, 0.3) is 22.8 Å². The van der Waals surface area contributed by atoms with Crippen LogP contribution in [0.4, 0.5) is 8.78 Å². The molecule has 10 nitrogen and oxygen atoms in total. The van der Waals surface area contributed by atoms with Crippen molar-refractivity contribution < 1.29 is 22.3 Å². The van der Waals surface area contributed by atoms with Crippen LogP contribution in [0.15, 0.2) is 49.4 Å². The average Bonchev–Trinajstić information content (AvgIpc) is 3.48. The number of sulfone groups is 1.